The molecule has 0 saturated carbocycles. The fourth-order valence-corrected chi connectivity index (χ4v) is 3.55. The maximum atomic E-state index is 12.6. The standard InChI is InChI=1S/C21H15Cl2NO6/c1-24(16-5-3-2-4-14(16)21(28)29)18(25)10-30-17-8-12(20(26)27)6-11-7-13(22)9-15(23)19(11)17/h2-9H,10H2,1H3,(H,26,27)(H,28,29). The van der Waals surface area contributed by atoms with Gasteiger partial charge in [0, 0.05) is 17.5 Å². The minimum atomic E-state index is -1.18. The highest BCUT2D eigenvalue weighted by Gasteiger charge is 2.20. The van der Waals surface area contributed by atoms with E-state index < -0.39 is 24.5 Å². The van der Waals surface area contributed by atoms with E-state index in [9.17, 15) is 24.6 Å². The summed E-state index contributed by atoms with van der Waals surface area (Å²) < 4.78 is 5.61. The minimum Gasteiger partial charge on any atom is -0.483 e. The summed E-state index contributed by atoms with van der Waals surface area (Å²) in [4.78, 5) is 36.6. The van der Waals surface area contributed by atoms with E-state index in [-0.39, 0.29) is 27.6 Å². The van der Waals surface area contributed by atoms with Gasteiger partial charge in [0.25, 0.3) is 5.91 Å². The number of anilines is 1. The number of nitrogens with zero attached hydrogens (tertiary/aromatic N) is 1. The van der Waals surface area contributed by atoms with Crippen LogP contribution in [0.15, 0.2) is 48.5 Å². The number of rotatable bonds is 6. The minimum absolute atomic E-state index is 0.0376. The highest BCUT2D eigenvalue weighted by atomic mass is 35.5. The van der Waals surface area contributed by atoms with Gasteiger partial charge in [-0.3, -0.25) is 4.79 Å². The quantitative estimate of drug-likeness (QED) is 0.572. The largest absolute Gasteiger partial charge is 0.483 e. The first-order valence-electron chi connectivity index (χ1n) is 8.57. The maximum absolute atomic E-state index is 12.6. The Bertz CT molecular complexity index is 1180. The number of amides is 1. The van der Waals surface area contributed by atoms with Gasteiger partial charge in [-0.05, 0) is 41.8 Å². The van der Waals surface area contributed by atoms with E-state index in [2.05, 4.69) is 0 Å². The van der Waals surface area contributed by atoms with Crippen LogP contribution in [0.25, 0.3) is 10.8 Å². The van der Waals surface area contributed by atoms with E-state index in [4.69, 9.17) is 27.9 Å². The van der Waals surface area contributed by atoms with Gasteiger partial charge in [0.1, 0.15) is 5.75 Å². The molecule has 0 fully saturated rings. The Morgan fingerprint density at radius 1 is 1.00 bits per heavy atom. The molecule has 0 aliphatic heterocycles. The van der Waals surface area contributed by atoms with Crippen LogP contribution in [-0.4, -0.2) is 41.7 Å². The summed E-state index contributed by atoms with van der Waals surface area (Å²) in [7, 11) is 1.42. The van der Waals surface area contributed by atoms with Crippen molar-refractivity contribution >= 4 is 57.5 Å². The molecule has 0 atom stereocenters. The number of carboxylic acid groups (broad SMARTS) is 2. The first kappa shape index (κ1) is 21.4. The highest BCUT2D eigenvalue weighted by molar-refractivity contribution is 6.39. The third kappa shape index (κ3) is 4.32. The Balaban J connectivity index is 1.92. The number of likely N-dealkylation sites (N-methyl/N-ethyl adjacent to an activating group) is 1. The molecule has 3 aromatic rings. The van der Waals surface area contributed by atoms with Crippen LogP contribution in [0.2, 0.25) is 10.0 Å². The van der Waals surface area contributed by atoms with Crippen molar-refractivity contribution in [3.63, 3.8) is 0 Å². The van der Waals surface area contributed by atoms with Crippen molar-refractivity contribution in [2.45, 2.75) is 0 Å². The fourth-order valence-electron chi connectivity index (χ4n) is 2.94. The van der Waals surface area contributed by atoms with Gasteiger partial charge in [-0.15, -0.1) is 0 Å². The molecule has 0 spiro atoms. The van der Waals surface area contributed by atoms with E-state index >= 15 is 0 Å². The molecule has 2 N–H and O–H groups in total. The number of carbonyl (C=O) groups is 3. The Labute approximate surface area is 181 Å². The number of benzene rings is 3. The zero-order chi connectivity index (χ0) is 22.0. The van der Waals surface area contributed by atoms with Crippen molar-refractivity contribution in [2.75, 3.05) is 18.6 Å². The molecule has 3 aromatic carbocycles. The highest BCUT2D eigenvalue weighted by Crippen LogP contribution is 2.36. The van der Waals surface area contributed by atoms with Gasteiger partial charge in [0.05, 0.1) is 21.8 Å². The molecule has 7 nitrogen and oxygen atoms in total. The second-order valence-electron chi connectivity index (χ2n) is 6.33. The number of hydrogen-bond donors (Lipinski definition) is 2. The summed E-state index contributed by atoms with van der Waals surface area (Å²) in [6.07, 6.45) is 0. The lowest BCUT2D eigenvalue weighted by Crippen LogP contribution is -2.32. The summed E-state index contributed by atoms with van der Waals surface area (Å²) in [6.45, 7) is -0.471. The van der Waals surface area contributed by atoms with Crippen LogP contribution in [0.4, 0.5) is 5.69 Å². The van der Waals surface area contributed by atoms with Crippen molar-refractivity contribution in [3.05, 3.63) is 69.7 Å². The summed E-state index contributed by atoms with van der Waals surface area (Å²) in [6, 6.07) is 11.7. The summed E-state index contributed by atoms with van der Waals surface area (Å²) in [5.74, 6) is -2.80. The van der Waals surface area contributed by atoms with E-state index in [1.165, 1.54) is 37.4 Å². The molecule has 0 radical (unpaired) electrons. The lowest BCUT2D eigenvalue weighted by molar-refractivity contribution is -0.120. The number of halogens is 2. The van der Waals surface area contributed by atoms with Crippen molar-refractivity contribution in [3.8, 4) is 5.75 Å². The maximum Gasteiger partial charge on any atom is 0.337 e. The molecular formula is C21H15Cl2NO6. The number of carboxylic acids is 2. The predicted octanol–water partition coefficient (Wildman–Crippen LogP) is 4.58. The van der Waals surface area contributed by atoms with Gasteiger partial charge in [0.15, 0.2) is 6.61 Å². The van der Waals surface area contributed by atoms with Crippen molar-refractivity contribution < 1.29 is 29.3 Å². The normalized spacial score (nSPS) is 10.6. The van der Waals surface area contributed by atoms with Gasteiger partial charge in [-0.2, -0.15) is 0 Å². The van der Waals surface area contributed by atoms with E-state index in [1.807, 2.05) is 0 Å². The topological polar surface area (TPSA) is 104 Å². The van der Waals surface area contributed by atoms with E-state index in [1.54, 1.807) is 18.2 Å². The zero-order valence-corrected chi connectivity index (χ0v) is 17.1. The van der Waals surface area contributed by atoms with Gasteiger partial charge in [0.2, 0.25) is 0 Å². The molecular weight excluding hydrogens is 433 g/mol. The first-order chi connectivity index (χ1) is 14.2. The van der Waals surface area contributed by atoms with Crippen LogP contribution in [0.3, 0.4) is 0 Å². The molecule has 154 valence electrons. The van der Waals surface area contributed by atoms with E-state index in [0.717, 1.165) is 4.90 Å². The fraction of sp³-hybridized carbons (Fsp3) is 0.0952. The Hall–Kier alpha value is -3.29. The number of aromatic carboxylic acids is 2. The molecule has 0 aliphatic rings. The average molecular weight is 448 g/mol. The first-order valence-corrected chi connectivity index (χ1v) is 9.32. The Morgan fingerprint density at radius 2 is 1.70 bits per heavy atom. The number of para-hydroxylation sites is 1. The molecule has 30 heavy (non-hydrogen) atoms. The number of carbonyl (C=O) groups excluding carboxylic acids is 1. The second kappa shape index (κ2) is 8.61. The van der Waals surface area contributed by atoms with Crippen LogP contribution >= 0.6 is 23.2 Å². The third-order valence-corrected chi connectivity index (χ3v) is 4.91. The third-order valence-electron chi connectivity index (χ3n) is 4.40. The van der Waals surface area contributed by atoms with Crippen LogP contribution in [0, 0.1) is 0 Å². The second-order valence-corrected chi connectivity index (χ2v) is 7.17. The monoisotopic (exact) mass is 447 g/mol. The zero-order valence-electron chi connectivity index (χ0n) is 15.6. The number of hydrogen-bond acceptors (Lipinski definition) is 4. The smallest absolute Gasteiger partial charge is 0.337 e. The Morgan fingerprint density at radius 3 is 2.37 bits per heavy atom. The van der Waals surface area contributed by atoms with E-state index in [0.29, 0.717) is 15.8 Å². The van der Waals surface area contributed by atoms with Gasteiger partial charge >= 0.3 is 11.9 Å². The molecule has 0 bridgehead atoms. The number of fused-ring (bicyclic) bond motifs is 1. The van der Waals surface area contributed by atoms with Crippen LogP contribution in [-0.2, 0) is 4.79 Å². The molecule has 0 aromatic heterocycles. The average Bonchev–Trinajstić information content (AvgIpc) is 2.70. The van der Waals surface area contributed by atoms with Crippen molar-refractivity contribution in [2.24, 2.45) is 0 Å². The summed E-state index contributed by atoms with van der Waals surface area (Å²) in [5, 5.41) is 20.1. The molecule has 0 heterocycles. The van der Waals surface area contributed by atoms with Crippen molar-refractivity contribution in [1.29, 1.82) is 0 Å². The SMILES string of the molecule is CN(C(=O)COc1cc(C(=O)O)cc2cc(Cl)cc(Cl)c12)c1ccccc1C(=O)O. The molecule has 0 aliphatic carbocycles. The lowest BCUT2D eigenvalue weighted by Gasteiger charge is -2.20. The van der Waals surface area contributed by atoms with Crippen LogP contribution in [0.1, 0.15) is 20.7 Å². The van der Waals surface area contributed by atoms with Crippen LogP contribution < -0.4 is 9.64 Å². The van der Waals surface area contributed by atoms with Gasteiger partial charge in [-0.1, -0.05) is 35.3 Å². The van der Waals surface area contributed by atoms with Crippen molar-refractivity contribution in [1.82, 2.24) is 0 Å². The van der Waals surface area contributed by atoms with Crippen LogP contribution in [0.5, 0.6) is 5.75 Å². The molecule has 9 heteroatoms. The molecule has 1 amide bonds. The lowest BCUT2D eigenvalue weighted by atomic mass is 10.1. The molecule has 0 saturated heterocycles. The predicted molar refractivity (Wildman–Crippen MR) is 113 cm³/mol. The molecule has 3 rings (SSSR count). The summed E-state index contributed by atoms with van der Waals surface area (Å²) >= 11 is 12.3. The summed E-state index contributed by atoms with van der Waals surface area (Å²) in [5.41, 5.74) is 0.102. The van der Waals surface area contributed by atoms with Gasteiger partial charge < -0.3 is 19.8 Å². The molecule has 0 unspecified atom stereocenters. The number of ether oxygens (including phenoxy) is 1. The Kier molecular flexibility index (Phi) is 6.14. The van der Waals surface area contributed by atoms with Gasteiger partial charge in [-0.25, -0.2) is 9.59 Å².